The van der Waals surface area contributed by atoms with E-state index in [1.165, 1.54) is 6.07 Å². The summed E-state index contributed by atoms with van der Waals surface area (Å²) < 4.78 is 15.7. The highest BCUT2D eigenvalue weighted by Crippen LogP contribution is 2.23. The van der Waals surface area contributed by atoms with Crippen molar-refractivity contribution < 1.29 is 9.18 Å². The average Bonchev–Trinajstić information content (AvgIpc) is 3.16. The van der Waals surface area contributed by atoms with Gasteiger partial charge in [-0.05, 0) is 44.0 Å². The van der Waals surface area contributed by atoms with Gasteiger partial charge in [0.15, 0.2) is 11.6 Å². The third kappa shape index (κ3) is 3.71. The lowest BCUT2D eigenvalue weighted by atomic mass is 9.97. The van der Waals surface area contributed by atoms with Crippen LogP contribution < -0.4 is 10.2 Å². The molecule has 144 valence electrons. The number of rotatable bonds is 4. The third-order valence-corrected chi connectivity index (χ3v) is 4.96. The monoisotopic (exact) mass is 380 g/mol. The number of aryl methyl sites for hydroxylation is 1. The second kappa shape index (κ2) is 7.75. The van der Waals surface area contributed by atoms with Crippen LogP contribution in [-0.2, 0) is 4.79 Å². The summed E-state index contributed by atoms with van der Waals surface area (Å²) >= 11 is 0. The van der Waals surface area contributed by atoms with E-state index in [-0.39, 0.29) is 17.5 Å². The Morgan fingerprint density at radius 2 is 1.96 bits per heavy atom. The van der Waals surface area contributed by atoms with Crippen molar-refractivity contribution in [3.05, 3.63) is 60.4 Å². The zero-order chi connectivity index (χ0) is 19.5. The van der Waals surface area contributed by atoms with Crippen LogP contribution in [0.2, 0.25) is 0 Å². The fourth-order valence-electron chi connectivity index (χ4n) is 3.43. The standard InChI is InChI=1S/C20H21FN6O/c1-14-22-10-12-27(14)19-9-8-18(24-25-19)26-11-4-5-15(13-26)20(28)23-17-7-3-2-6-16(17)21/h2-3,6-10,12,15H,4-5,11,13H2,1H3,(H,23,28). The second-order valence-electron chi connectivity index (χ2n) is 6.85. The Labute approximate surface area is 162 Å². The van der Waals surface area contributed by atoms with Gasteiger partial charge in [0, 0.05) is 25.5 Å². The minimum Gasteiger partial charge on any atom is -0.354 e. The van der Waals surface area contributed by atoms with Gasteiger partial charge in [-0.25, -0.2) is 9.37 Å². The van der Waals surface area contributed by atoms with Gasteiger partial charge < -0.3 is 10.2 Å². The van der Waals surface area contributed by atoms with E-state index in [2.05, 4.69) is 20.5 Å². The number of piperidine rings is 1. The smallest absolute Gasteiger partial charge is 0.229 e. The molecule has 1 aliphatic rings. The van der Waals surface area contributed by atoms with Crippen molar-refractivity contribution in [1.82, 2.24) is 19.7 Å². The molecule has 1 fully saturated rings. The molecule has 7 nitrogen and oxygen atoms in total. The first-order valence-corrected chi connectivity index (χ1v) is 9.26. The number of benzene rings is 1. The van der Waals surface area contributed by atoms with E-state index in [0.717, 1.165) is 31.0 Å². The second-order valence-corrected chi connectivity index (χ2v) is 6.85. The number of imidazole rings is 1. The third-order valence-electron chi connectivity index (χ3n) is 4.96. The van der Waals surface area contributed by atoms with Gasteiger partial charge in [0.25, 0.3) is 0 Å². The van der Waals surface area contributed by atoms with Crippen LogP contribution in [0, 0.1) is 18.7 Å². The van der Waals surface area contributed by atoms with Crippen molar-refractivity contribution in [2.45, 2.75) is 19.8 Å². The molecule has 1 unspecified atom stereocenters. The summed E-state index contributed by atoms with van der Waals surface area (Å²) in [6.45, 7) is 3.24. The molecule has 0 bridgehead atoms. The van der Waals surface area contributed by atoms with E-state index < -0.39 is 5.82 Å². The van der Waals surface area contributed by atoms with E-state index in [4.69, 9.17) is 0 Å². The summed E-state index contributed by atoms with van der Waals surface area (Å²) in [4.78, 5) is 18.8. The zero-order valence-corrected chi connectivity index (χ0v) is 15.5. The Morgan fingerprint density at radius 3 is 2.68 bits per heavy atom. The topological polar surface area (TPSA) is 75.9 Å². The molecule has 3 aromatic rings. The minimum atomic E-state index is -0.431. The number of carbonyl (C=O) groups excluding carboxylic acids is 1. The lowest BCUT2D eigenvalue weighted by molar-refractivity contribution is -0.120. The molecule has 1 saturated heterocycles. The number of anilines is 2. The van der Waals surface area contributed by atoms with Gasteiger partial charge in [-0.1, -0.05) is 12.1 Å². The highest BCUT2D eigenvalue weighted by atomic mass is 19.1. The Hall–Kier alpha value is -3.29. The van der Waals surface area contributed by atoms with Crippen molar-refractivity contribution in [2.24, 2.45) is 5.92 Å². The Morgan fingerprint density at radius 1 is 1.18 bits per heavy atom. The highest BCUT2D eigenvalue weighted by molar-refractivity contribution is 5.93. The summed E-state index contributed by atoms with van der Waals surface area (Å²) in [5.74, 6) is 1.43. The van der Waals surface area contributed by atoms with Crippen LogP contribution in [0.3, 0.4) is 0 Å². The SMILES string of the molecule is Cc1nccn1-c1ccc(N2CCCC(C(=O)Nc3ccccc3F)C2)nn1. The number of amides is 1. The van der Waals surface area contributed by atoms with Crippen LogP contribution >= 0.6 is 0 Å². The maximum atomic E-state index is 13.8. The van der Waals surface area contributed by atoms with Crippen molar-refractivity contribution in [1.29, 1.82) is 0 Å². The van der Waals surface area contributed by atoms with Crippen LogP contribution in [-0.4, -0.2) is 38.7 Å². The molecule has 28 heavy (non-hydrogen) atoms. The summed E-state index contributed by atoms with van der Waals surface area (Å²) in [5.41, 5.74) is 0.212. The molecule has 1 aromatic carbocycles. The molecule has 1 amide bonds. The first kappa shape index (κ1) is 18.1. The summed E-state index contributed by atoms with van der Waals surface area (Å²) in [5, 5.41) is 11.3. The van der Waals surface area contributed by atoms with Gasteiger partial charge in [0.1, 0.15) is 11.6 Å². The van der Waals surface area contributed by atoms with E-state index in [0.29, 0.717) is 12.4 Å². The lowest BCUT2D eigenvalue weighted by Crippen LogP contribution is -2.41. The van der Waals surface area contributed by atoms with Crippen LogP contribution in [0.15, 0.2) is 48.8 Å². The molecule has 0 radical (unpaired) electrons. The van der Waals surface area contributed by atoms with Crippen molar-refractivity contribution >= 4 is 17.4 Å². The normalized spacial score (nSPS) is 16.8. The average molecular weight is 380 g/mol. The van der Waals surface area contributed by atoms with Gasteiger partial charge in [-0.15, -0.1) is 10.2 Å². The molecule has 1 N–H and O–H groups in total. The van der Waals surface area contributed by atoms with E-state index in [1.807, 2.05) is 34.7 Å². The molecule has 1 aliphatic heterocycles. The van der Waals surface area contributed by atoms with Crippen molar-refractivity contribution in [3.8, 4) is 5.82 Å². The quantitative estimate of drug-likeness (QED) is 0.753. The van der Waals surface area contributed by atoms with E-state index >= 15 is 0 Å². The Balaban J connectivity index is 1.44. The summed E-state index contributed by atoms with van der Waals surface area (Å²) in [7, 11) is 0. The maximum absolute atomic E-state index is 13.8. The van der Waals surface area contributed by atoms with Gasteiger partial charge in [0.2, 0.25) is 5.91 Å². The molecular weight excluding hydrogens is 359 g/mol. The molecular formula is C20H21FN6O. The lowest BCUT2D eigenvalue weighted by Gasteiger charge is -2.32. The number of nitrogens with one attached hydrogen (secondary N) is 1. The number of carbonyl (C=O) groups is 1. The first-order chi connectivity index (χ1) is 13.6. The van der Waals surface area contributed by atoms with Gasteiger partial charge in [0.05, 0.1) is 11.6 Å². The molecule has 0 aliphatic carbocycles. The number of nitrogens with zero attached hydrogens (tertiary/aromatic N) is 5. The van der Waals surface area contributed by atoms with Crippen LogP contribution in [0.4, 0.5) is 15.9 Å². The fourth-order valence-corrected chi connectivity index (χ4v) is 3.43. The van der Waals surface area contributed by atoms with E-state index in [9.17, 15) is 9.18 Å². The Bertz CT molecular complexity index is 971. The largest absolute Gasteiger partial charge is 0.354 e. The summed E-state index contributed by atoms with van der Waals surface area (Å²) in [6.07, 6.45) is 5.17. The predicted molar refractivity (Wildman–Crippen MR) is 104 cm³/mol. The Kier molecular flexibility index (Phi) is 5.01. The summed E-state index contributed by atoms with van der Waals surface area (Å²) in [6, 6.07) is 9.99. The number of aromatic nitrogens is 4. The van der Waals surface area contributed by atoms with Crippen molar-refractivity contribution in [2.75, 3.05) is 23.3 Å². The number of hydrogen-bond donors (Lipinski definition) is 1. The number of halogens is 1. The van der Waals surface area contributed by atoms with Crippen LogP contribution in [0.25, 0.3) is 5.82 Å². The molecule has 8 heteroatoms. The van der Waals surface area contributed by atoms with Gasteiger partial charge >= 0.3 is 0 Å². The molecule has 4 rings (SSSR count). The zero-order valence-electron chi connectivity index (χ0n) is 15.5. The molecule has 1 atom stereocenters. The number of hydrogen-bond acceptors (Lipinski definition) is 5. The first-order valence-electron chi connectivity index (χ1n) is 9.26. The molecule has 3 heterocycles. The molecule has 0 saturated carbocycles. The van der Waals surface area contributed by atoms with Gasteiger partial charge in [-0.3, -0.25) is 9.36 Å². The van der Waals surface area contributed by atoms with Gasteiger partial charge in [-0.2, -0.15) is 0 Å². The van der Waals surface area contributed by atoms with Crippen LogP contribution in [0.1, 0.15) is 18.7 Å². The molecule has 0 spiro atoms. The van der Waals surface area contributed by atoms with E-state index in [1.54, 1.807) is 24.4 Å². The number of para-hydroxylation sites is 1. The molecule has 2 aromatic heterocycles. The van der Waals surface area contributed by atoms with Crippen LogP contribution in [0.5, 0.6) is 0 Å². The maximum Gasteiger partial charge on any atom is 0.229 e. The highest BCUT2D eigenvalue weighted by Gasteiger charge is 2.27. The minimum absolute atomic E-state index is 0.173. The van der Waals surface area contributed by atoms with Crippen molar-refractivity contribution in [3.63, 3.8) is 0 Å². The fraction of sp³-hybridized carbons (Fsp3) is 0.300. The predicted octanol–water partition coefficient (Wildman–Crippen LogP) is 2.96.